The molecule has 0 radical (unpaired) electrons. The second kappa shape index (κ2) is 4.16. The summed E-state index contributed by atoms with van der Waals surface area (Å²) in [6, 6.07) is 0. The predicted molar refractivity (Wildman–Crippen MR) is 50.8 cm³/mol. The zero-order valence-electron chi connectivity index (χ0n) is 6.43. The Morgan fingerprint density at radius 2 is 1.73 bits per heavy atom. The van der Waals surface area contributed by atoms with Gasteiger partial charge in [0.05, 0.1) is 0 Å². The quantitative estimate of drug-likeness (QED) is 0.629. The van der Waals surface area contributed by atoms with Crippen molar-refractivity contribution < 1.29 is 4.57 Å². The van der Waals surface area contributed by atoms with E-state index in [1.165, 1.54) is 19.3 Å². The van der Waals surface area contributed by atoms with Crippen molar-refractivity contribution in [2.45, 2.75) is 32.1 Å². The molecule has 1 nitrogen and oxygen atoms in total. The smallest absolute Gasteiger partial charge is 0.253 e. The minimum absolute atomic E-state index is 0.518. The van der Waals surface area contributed by atoms with Crippen LogP contribution in [0.15, 0.2) is 0 Å². The molecule has 66 valence electrons. The fourth-order valence-corrected chi connectivity index (χ4v) is 3.81. The molecule has 4 heteroatoms. The first-order chi connectivity index (χ1) is 5.08. The van der Waals surface area contributed by atoms with Crippen molar-refractivity contribution >= 4 is 28.3 Å². The van der Waals surface area contributed by atoms with Gasteiger partial charge >= 0.3 is 0 Å². The molecule has 0 aromatic rings. The van der Waals surface area contributed by atoms with E-state index >= 15 is 0 Å². The van der Waals surface area contributed by atoms with Crippen LogP contribution in [0.3, 0.4) is 0 Å². The standard InChI is InChI=1S/C7H13Cl2OP/c8-11(9,10)6-7-4-2-1-3-5-7/h7H,1-6H2. The van der Waals surface area contributed by atoms with Gasteiger partial charge < -0.3 is 0 Å². The highest BCUT2D eigenvalue weighted by Gasteiger charge is 2.22. The lowest BCUT2D eigenvalue weighted by molar-refractivity contribution is 0.387. The summed E-state index contributed by atoms with van der Waals surface area (Å²) in [5.74, 6) is -2.27. The summed E-state index contributed by atoms with van der Waals surface area (Å²) >= 11 is 11.0. The molecule has 0 heterocycles. The third-order valence-corrected chi connectivity index (χ3v) is 3.97. The lowest BCUT2D eigenvalue weighted by Gasteiger charge is -2.21. The highest BCUT2D eigenvalue weighted by molar-refractivity contribution is 8.08. The summed E-state index contributed by atoms with van der Waals surface area (Å²) in [6.45, 7) is 0. The largest absolute Gasteiger partial charge is 0.289 e. The molecule has 1 aliphatic carbocycles. The first kappa shape index (κ1) is 9.89. The Hall–Kier alpha value is 0.810. The normalized spacial score (nSPS) is 22.0. The number of halogens is 2. The van der Waals surface area contributed by atoms with Crippen LogP contribution in [0, 0.1) is 5.92 Å². The van der Waals surface area contributed by atoms with E-state index in [4.69, 9.17) is 22.5 Å². The summed E-state index contributed by atoms with van der Waals surface area (Å²) in [5.41, 5.74) is 0. The Morgan fingerprint density at radius 1 is 1.18 bits per heavy atom. The summed E-state index contributed by atoms with van der Waals surface area (Å²) in [7, 11) is 0. The summed E-state index contributed by atoms with van der Waals surface area (Å²) < 4.78 is 11.0. The molecular weight excluding hydrogens is 202 g/mol. The molecule has 11 heavy (non-hydrogen) atoms. The summed E-state index contributed by atoms with van der Waals surface area (Å²) in [5, 5.41) is 0. The molecule has 1 aliphatic rings. The van der Waals surface area contributed by atoms with Gasteiger partial charge in [0.25, 0.3) is 5.85 Å². The SMILES string of the molecule is O=P(Cl)(Cl)CC1CCCCC1. The number of hydrogen-bond donors (Lipinski definition) is 0. The maximum atomic E-state index is 11.0. The number of rotatable bonds is 2. The van der Waals surface area contributed by atoms with Gasteiger partial charge in [-0.3, -0.25) is 4.57 Å². The Kier molecular flexibility index (Phi) is 3.74. The minimum atomic E-state index is -2.79. The van der Waals surface area contributed by atoms with E-state index in [1.54, 1.807) is 0 Å². The fourth-order valence-electron chi connectivity index (χ4n) is 1.67. The summed E-state index contributed by atoms with van der Waals surface area (Å²) in [4.78, 5) is 0. The second-order valence-corrected chi connectivity index (χ2v) is 8.56. The van der Waals surface area contributed by atoms with Crippen molar-refractivity contribution in [3.05, 3.63) is 0 Å². The minimum Gasteiger partial charge on any atom is -0.289 e. The van der Waals surface area contributed by atoms with Gasteiger partial charge in [0, 0.05) is 6.16 Å². The molecule has 0 atom stereocenters. The van der Waals surface area contributed by atoms with Crippen LogP contribution in [0.2, 0.25) is 0 Å². The molecule has 0 N–H and O–H groups in total. The molecular formula is C7H13Cl2OP. The maximum absolute atomic E-state index is 11.0. The molecule has 0 unspecified atom stereocenters. The molecule has 0 aromatic heterocycles. The Morgan fingerprint density at radius 3 is 2.18 bits per heavy atom. The molecule has 0 aliphatic heterocycles. The van der Waals surface area contributed by atoms with Crippen LogP contribution in [0.4, 0.5) is 0 Å². The molecule has 1 rings (SSSR count). The van der Waals surface area contributed by atoms with Crippen LogP contribution in [0.5, 0.6) is 0 Å². The topological polar surface area (TPSA) is 17.1 Å². The summed E-state index contributed by atoms with van der Waals surface area (Å²) in [6.07, 6.45) is 6.64. The van der Waals surface area contributed by atoms with E-state index < -0.39 is 5.85 Å². The van der Waals surface area contributed by atoms with Gasteiger partial charge in [-0.05, 0) is 41.2 Å². The lowest BCUT2D eigenvalue weighted by atomic mass is 9.91. The first-order valence-electron chi connectivity index (χ1n) is 4.06. The Bertz CT molecular complexity index is 160. The van der Waals surface area contributed by atoms with E-state index in [0.717, 1.165) is 12.8 Å². The maximum Gasteiger partial charge on any atom is 0.253 e. The van der Waals surface area contributed by atoms with Crippen molar-refractivity contribution in [3.63, 3.8) is 0 Å². The van der Waals surface area contributed by atoms with Crippen LogP contribution in [0.1, 0.15) is 32.1 Å². The predicted octanol–water partition coefficient (Wildman–Crippen LogP) is 4.24. The highest BCUT2D eigenvalue weighted by atomic mass is 35.9. The van der Waals surface area contributed by atoms with Crippen molar-refractivity contribution in [3.8, 4) is 0 Å². The van der Waals surface area contributed by atoms with E-state index in [1.807, 2.05) is 0 Å². The van der Waals surface area contributed by atoms with Crippen LogP contribution in [0.25, 0.3) is 0 Å². The Balaban J connectivity index is 2.30. The van der Waals surface area contributed by atoms with Gasteiger partial charge in [0.1, 0.15) is 0 Å². The van der Waals surface area contributed by atoms with Crippen molar-refractivity contribution in [2.75, 3.05) is 6.16 Å². The lowest BCUT2D eigenvalue weighted by Crippen LogP contribution is -2.08. The van der Waals surface area contributed by atoms with Gasteiger partial charge in [-0.2, -0.15) is 0 Å². The van der Waals surface area contributed by atoms with E-state index in [-0.39, 0.29) is 0 Å². The monoisotopic (exact) mass is 214 g/mol. The van der Waals surface area contributed by atoms with Crippen LogP contribution in [-0.2, 0) is 4.57 Å². The Labute approximate surface area is 77.4 Å². The molecule has 0 amide bonds. The van der Waals surface area contributed by atoms with Crippen LogP contribution >= 0.6 is 28.3 Å². The van der Waals surface area contributed by atoms with Gasteiger partial charge in [-0.1, -0.05) is 19.3 Å². The van der Waals surface area contributed by atoms with E-state index in [9.17, 15) is 4.57 Å². The average Bonchev–Trinajstić information content (AvgIpc) is 1.85. The number of hydrogen-bond acceptors (Lipinski definition) is 1. The third-order valence-electron chi connectivity index (χ3n) is 2.20. The van der Waals surface area contributed by atoms with E-state index in [0.29, 0.717) is 12.1 Å². The third kappa shape index (κ3) is 4.40. The first-order valence-corrected chi connectivity index (χ1v) is 7.76. The highest BCUT2D eigenvalue weighted by Crippen LogP contribution is 2.58. The van der Waals surface area contributed by atoms with Crippen molar-refractivity contribution in [2.24, 2.45) is 5.92 Å². The van der Waals surface area contributed by atoms with Crippen molar-refractivity contribution in [1.82, 2.24) is 0 Å². The molecule has 1 fully saturated rings. The molecule has 0 saturated heterocycles. The molecule has 0 aromatic carbocycles. The van der Waals surface area contributed by atoms with E-state index in [2.05, 4.69) is 0 Å². The zero-order valence-corrected chi connectivity index (χ0v) is 8.84. The van der Waals surface area contributed by atoms with Gasteiger partial charge in [0.15, 0.2) is 0 Å². The van der Waals surface area contributed by atoms with Gasteiger partial charge in [-0.15, -0.1) is 0 Å². The molecule has 1 saturated carbocycles. The van der Waals surface area contributed by atoms with Crippen LogP contribution < -0.4 is 0 Å². The van der Waals surface area contributed by atoms with Gasteiger partial charge in [0.2, 0.25) is 0 Å². The second-order valence-electron chi connectivity index (χ2n) is 3.26. The fraction of sp³-hybridized carbons (Fsp3) is 1.00. The molecule has 0 spiro atoms. The average molecular weight is 215 g/mol. The van der Waals surface area contributed by atoms with Gasteiger partial charge in [-0.25, -0.2) is 0 Å². The van der Waals surface area contributed by atoms with Crippen molar-refractivity contribution in [1.29, 1.82) is 0 Å². The molecule has 0 bridgehead atoms. The zero-order chi connectivity index (χ0) is 8.32. The van der Waals surface area contributed by atoms with Crippen LogP contribution in [-0.4, -0.2) is 6.16 Å².